The molecule has 2 rings (SSSR count). The molecule has 1 amide bonds. The van der Waals surface area contributed by atoms with Crippen molar-refractivity contribution < 1.29 is 14.7 Å². The minimum atomic E-state index is -1.18. The normalized spacial score (nSPS) is 9.88. The summed E-state index contributed by atoms with van der Waals surface area (Å²) in [6.45, 7) is 0. The Labute approximate surface area is 96.5 Å². The van der Waals surface area contributed by atoms with Crippen molar-refractivity contribution in [1.82, 2.24) is 9.66 Å². The lowest BCUT2D eigenvalue weighted by Crippen LogP contribution is -2.24. The third-order valence-corrected chi connectivity index (χ3v) is 2.09. The van der Waals surface area contributed by atoms with Gasteiger partial charge < -0.3 is 5.11 Å². The van der Waals surface area contributed by atoms with Crippen LogP contribution in [0, 0.1) is 0 Å². The van der Waals surface area contributed by atoms with Gasteiger partial charge in [-0.3, -0.25) is 19.9 Å². The van der Waals surface area contributed by atoms with Crippen molar-refractivity contribution in [2.75, 3.05) is 5.43 Å². The maximum Gasteiger partial charge on any atom is 0.338 e. The number of amides is 1. The summed E-state index contributed by atoms with van der Waals surface area (Å²) in [7, 11) is 0. The molecule has 6 heteroatoms. The van der Waals surface area contributed by atoms with Gasteiger partial charge in [0, 0.05) is 18.6 Å². The highest BCUT2D eigenvalue weighted by atomic mass is 16.4. The van der Waals surface area contributed by atoms with Crippen LogP contribution in [0.5, 0.6) is 0 Å². The van der Waals surface area contributed by atoms with E-state index in [2.05, 4.69) is 10.4 Å². The fourth-order valence-corrected chi connectivity index (χ4v) is 1.34. The molecule has 2 heterocycles. The van der Waals surface area contributed by atoms with Crippen molar-refractivity contribution in [3.8, 4) is 0 Å². The van der Waals surface area contributed by atoms with Crippen LogP contribution in [0.4, 0.5) is 0 Å². The van der Waals surface area contributed by atoms with Gasteiger partial charge >= 0.3 is 5.97 Å². The van der Waals surface area contributed by atoms with Crippen LogP contribution < -0.4 is 5.43 Å². The number of aromatic carboxylic acids is 1. The summed E-state index contributed by atoms with van der Waals surface area (Å²) in [5.74, 6) is -1.75. The number of carboxylic acids is 1. The number of nitrogens with one attached hydrogen (secondary N) is 1. The van der Waals surface area contributed by atoms with Crippen molar-refractivity contribution in [3.05, 3.63) is 54.1 Å². The van der Waals surface area contributed by atoms with Crippen molar-refractivity contribution in [2.45, 2.75) is 0 Å². The fraction of sp³-hybridized carbons (Fsp3) is 0. The van der Waals surface area contributed by atoms with Crippen LogP contribution in [0.15, 0.2) is 42.9 Å². The molecule has 86 valence electrons. The molecule has 2 aromatic heterocycles. The van der Waals surface area contributed by atoms with Crippen LogP contribution in [-0.2, 0) is 0 Å². The summed E-state index contributed by atoms with van der Waals surface area (Å²) in [5.41, 5.74) is 2.24. The number of hydrogen-bond donors (Lipinski definition) is 2. The first-order chi connectivity index (χ1) is 8.18. The van der Waals surface area contributed by atoms with Gasteiger partial charge in [0.15, 0.2) is 0 Å². The van der Waals surface area contributed by atoms with E-state index >= 15 is 0 Å². The summed E-state index contributed by atoms with van der Waals surface area (Å²) in [6.07, 6.45) is 4.62. The van der Waals surface area contributed by atoms with Gasteiger partial charge in [-0.15, -0.1) is 0 Å². The second kappa shape index (κ2) is 4.48. The molecule has 6 nitrogen and oxygen atoms in total. The molecular formula is C11H9N3O3. The maximum atomic E-state index is 11.8. The maximum absolute atomic E-state index is 11.8. The second-order valence-corrected chi connectivity index (χ2v) is 3.24. The SMILES string of the molecule is O=C(O)c1cccnc1C(=O)Nn1cccc1. The Morgan fingerprint density at radius 1 is 1.24 bits per heavy atom. The van der Waals surface area contributed by atoms with Gasteiger partial charge in [-0.2, -0.15) is 0 Å². The van der Waals surface area contributed by atoms with Crippen LogP contribution >= 0.6 is 0 Å². The Kier molecular flexibility index (Phi) is 2.87. The number of carbonyl (C=O) groups is 2. The first-order valence-electron chi connectivity index (χ1n) is 4.81. The highest BCUT2D eigenvalue weighted by Gasteiger charge is 2.17. The molecule has 0 fully saturated rings. The summed E-state index contributed by atoms with van der Waals surface area (Å²) in [6, 6.07) is 6.27. The van der Waals surface area contributed by atoms with Gasteiger partial charge in [0.05, 0.1) is 5.56 Å². The lowest BCUT2D eigenvalue weighted by Gasteiger charge is -2.07. The average molecular weight is 231 g/mol. The molecule has 17 heavy (non-hydrogen) atoms. The molecule has 0 aromatic carbocycles. The quantitative estimate of drug-likeness (QED) is 0.824. The third-order valence-electron chi connectivity index (χ3n) is 2.09. The summed E-state index contributed by atoms with van der Waals surface area (Å²) >= 11 is 0. The van der Waals surface area contributed by atoms with E-state index in [4.69, 9.17) is 5.11 Å². The Morgan fingerprint density at radius 3 is 2.59 bits per heavy atom. The summed E-state index contributed by atoms with van der Waals surface area (Å²) in [5, 5.41) is 8.91. The Bertz CT molecular complexity index is 549. The van der Waals surface area contributed by atoms with Crippen LogP contribution in [0.1, 0.15) is 20.8 Å². The van der Waals surface area contributed by atoms with Gasteiger partial charge in [-0.1, -0.05) is 0 Å². The topological polar surface area (TPSA) is 84.2 Å². The van der Waals surface area contributed by atoms with E-state index in [0.29, 0.717) is 0 Å². The first kappa shape index (κ1) is 10.9. The number of aromatic nitrogens is 2. The van der Waals surface area contributed by atoms with Gasteiger partial charge in [0.25, 0.3) is 5.91 Å². The lowest BCUT2D eigenvalue weighted by atomic mass is 10.2. The number of hydrogen-bond acceptors (Lipinski definition) is 3. The smallest absolute Gasteiger partial charge is 0.338 e. The highest BCUT2D eigenvalue weighted by Crippen LogP contribution is 2.05. The predicted molar refractivity (Wildman–Crippen MR) is 59.3 cm³/mol. The molecule has 0 aliphatic carbocycles. The Morgan fingerprint density at radius 2 is 1.94 bits per heavy atom. The second-order valence-electron chi connectivity index (χ2n) is 3.24. The van der Waals surface area contributed by atoms with E-state index in [1.54, 1.807) is 24.5 Å². The number of nitrogens with zero attached hydrogens (tertiary/aromatic N) is 2. The molecule has 0 aliphatic heterocycles. The van der Waals surface area contributed by atoms with E-state index in [1.807, 2.05) is 0 Å². The highest BCUT2D eigenvalue weighted by molar-refractivity contribution is 6.06. The van der Waals surface area contributed by atoms with Crippen LogP contribution in [-0.4, -0.2) is 26.6 Å². The van der Waals surface area contributed by atoms with E-state index in [1.165, 1.54) is 23.0 Å². The minimum absolute atomic E-state index is 0.117. The van der Waals surface area contributed by atoms with E-state index in [9.17, 15) is 9.59 Å². The van der Waals surface area contributed by atoms with E-state index in [0.717, 1.165) is 0 Å². The summed E-state index contributed by atoms with van der Waals surface area (Å²) in [4.78, 5) is 26.5. The Balaban J connectivity index is 2.28. The molecule has 2 N–H and O–H groups in total. The number of pyridine rings is 1. The molecule has 0 spiro atoms. The van der Waals surface area contributed by atoms with Gasteiger partial charge in [-0.25, -0.2) is 4.79 Å². The third kappa shape index (κ3) is 2.31. The molecule has 0 atom stereocenters. The van der Waals surface area contributed by atoms with Gasteiger partial charge in [-0.05, 0) is 24.3 Å². The van der Waals surface area contributed by atoms with Gasteiger partial charge in [0.1, 0.15) is 5.69 Å². The zero-order valence-electron chi connectivity index (χ0n) is 8.70. The van der Waals surface area contributed by atoms with Gasteiger partial charge in [0.2, 0.25) is 0 Å². The monoisotopic (exact) mass is 231 g/mol. The van der Waals surface area contributed by atoms with Crippen molar-refractivity contribution in [2.24, 2.45) is 0 Å². The standard InChI is InChI=1S/C11H9N3O3/c15-10(13-14-6-1-2-7-14)9-8(11(16)17)4-3-5-12-9/h1-7H,(H,13,15)(H,16,17). The largest absolute Gasteiger partial charge is 0.478 e. The van der Waals surface area contributed by atoms with Crippen molar-refractivity contribution >= 4 is 11.9 Å². The van der Waals surface area contributed by atoms with Crippen molar-refractivity contribution in [1.29, 1.82) is 0 Å². The molecule has 0 radical (unpaired) electrons. The molecule has 0 saturated carbocycles. The van der Waals surface area contributed by atoms with Crippen molar-refractivity contribution in [3.63, 3.8) is 0 Å². The molecule has 2 aromatic rings. The number of carboxylic acid groups (broad SMARTS) is 1. The van der Waals surface area contributed by atoms with E-state index < -0.39 is 11.9 Å². The predicted octanol–water partition coefficient (Wildman–Crippen LogP) is 0.965. The average Bonchev–Trinajstić information content (AvgIpc) is 2.81. The first-order valence-corrected chi connectivity index (χ1v) is 4.81. The van der Waals surface area contributed by atoms with Crippen LogP contribution in [0.3, 0.4) is 0 Å². The lowest BCUT2D eigenvalue weighted by molar-refractivity contribution is 0.0691. The Hall–Kier alpha value is -2.63. The number of rotatable bonds is 3. The fourth-order valence-electron chi connectivity index (χ4n) is 1.34. The van der Waals surface area contributed by atoms with E-state index in [-0.39, 0.29) is 11.3 Å². The molecular weight excluding hydrogens is 222 g/mol. The molecule has 0 bridgehead atoms. The zero-order chi connectivity index (χ0) is 12.3. The van der Waals surface area contributed by atoms with Crippen LogP contribution in [0.25, 0.3) is 0 Å². The number of carbonyl (C=O) groups excluding carboxylic acids is 1. The molecule has 0 saturated heterocycles. The van der Waals surface area contributed by atoms with Crippen LogP contribution in [0.2, 0.25) is 0 Å². The summed E-state index contributed by atoms with van der Waals surface area (Å²) < 4.78 is 1.42. The molecule has 0 unspecified atom stereocenters. The zero-order valence-corrected chi connectivity index (χ0v) is 8.70. The minimum Gasteiger partial charge on any atom is -0.478 e. The molecule has 0 aliphatic rings.